The number of anilines is 1. The van der Waals surface area contributed by atoms with Crippen molar-refractivity contribution in [2.75, 3.05) is 18.0 Å². The number of pyridine rings is 1. The van der Waals surface area contributed by atoms with Crippen LogP contribution in [0.2, 0.25) is 0 Å². The summed E-state index contributed by atoms with van der Waals surface area (Å²) >= 11 is 0. The van der Waals surface area contributed by atoms with Crippen LogP contribution in [0.4, 0.5) is 10.6 Å². The number of hydrogen-bond donors (Lipinski definition) is 2. The fraction of sp³-hybridized carbons (Fsp3) is 0.429. The Bertz CT molecular complexity index is 698. The Kier molecular flexibility index (Phi) is 6.47. The van der Waals surface area contributed by atoms with E-state index >= 15 is 0 Å². The number of aryl methyl sites for hydroxylation is 1. The number of carbonyl (C=O) groups excluding carboxylic acids is 1. The Morgan fingerprint density at radius 3 is 2.69 bits per heavy atom. The van der Waals surface area contributed by atoms with E-state index in [9.17, 15) is 4.79 Å². The van der Waals surface area contributed by atoms with E-state index in [0.29, 0.717) is 6.54 Å². The molecule has 2 heterocycles. The van der Waals surface area contributed by atoms with Crippen molar-refractivity contribution in [2.24, 2.45) is 0 Å². The average Bonchev–Trinajstić information content (AvgIpc) is 3.21. The zero-order chi connectivity index (χ0) is 18.2. The summed E-state index contributed by atoms with van der Waals surface area (Å²) in [5.41, 5.74) is 2.38. The van der Waals surface area contributed by atoms with Crippen molar-refractivity contribution in [3.8, 4) is 0 Å². The fourth-order valence-electron chi connectivity index (χ4n) is 3.25. The van der Waals surface area contributed by atoms with E-state index < -0.39 is 0 Å². The second-order valence-corrected chi connectivity index (χ2v) is 6.97. The third-order valence-electron chi connectivity index (χ3n) is 4.78. The molecule has 1 aliphatic heterocycles. The van der Waals surface area contributed by atoms with Gasteiger partial charge >= 0.3 is 6.03 Å². The maximum absolute atomic E-state index is 12.1. The van der Waals surface area contributed by atoms with Crippen molar-refractivity contribution in [3.05, 3.63) is 59.8 Å². The molecule has 26 heavy (non-hydrogen) atoms. The minimum atomic E-state index is -0.120. The third kappa shape index (κ3) is 5.48. The predicted octanol–water partition coefficient (Wildman–Crippen LogP) is 3.50. The summed E-state index contributed by atoms with van der Waals surface area (Å²) in [5, 5.41) is 5.96. The molecule has 1 aromatic carbocycles. The van der Waals surface area contributed by atoms with E-state index in [1.54, 1.807) is 0 Å². The van der Waals surface area contributed by atoms with Gasteiger partial charge in [0.1, 0.15) is 5.82 Å². The standard InChI is InChI=1S/C21H28N4O/c1-17(9-10-18-7-3-2-4-8-18)24-21(26)23-16-19-11-12-22-20(15-19)25-13-5-6-14-25/h2-4,7-8,11-12,15,17H,5-6,9-10,13-14,16H2,1H3,(H2,23,24,26)/t17-/m1/s1. The normalized spacial score (nSPS) is 14.9. The minimum absolute atomic E-state index is 0.120. The summed E-state index contributed by atoms with van der Waals surface area (Å²) in [5.74, 6) is 1.01. The first kappa shape index (κ1) is 18.2. The maximum atomic E-state index is 12.1. The van der Waals surface area contributed by atoms with Crippen LogP contribution in [0.15, 0.2) is 48.7 Å². The number of carbonyl (C=O) groups is 1. The minimum Gasteiger partial charge on any atom is -0.357 e. The van der Waals surface area contributed by atoms with Gasteiger partial charge in [-0.15, -0.1) is 0 Å². The molecule has 0 unspecified atom stereocenters. The highest BCUT2D eigenvalue weighted by Crippen LogP contribution is 2.18. The summed E-state index contributed by atoms with van der Waals surface area (Å²) in [4.78, 5) is 18.9. The zero-order valence-electron chi connectivity index (χ0n) is 15.4. The topological polar surface area (TPSA) is 57.3 Å². The van der Waals surface area contributed by atoms with Crippen LogP contribution in [0.3, 0.4) is 0 Å². The molecule has 0 bridgehead atoms. The van der Waals surface area contributed by atoms with Crippen LogP contribution in [-0.4, -0.2) is 30.1 Å². The summed E-state index contributed by atoms with van der Waals surface area (Å²) in [6.45, 7) is 4.70. The Morgan fingerprint density at radius 1 is 1.15 bits per heavy atom. The number of urea groups is 1. The van der Waals surface area contributed by atoms with Crippen molar-refractivity contribution in [1.29, 1.82) is 0 Å². The first-order valence-electron chi connectivity index (χ1n) is 9.49. The number of hydrogen-bond acceptors (Lipinski definition) is 3. The van der Waals surface area contributed by atoms with Crippen molar-refractivity contribution < 1.29 is 4.79 Å². The van der Waals surface area contributed by atoms with Gasteiger partial charge in [-0.3, -0.25) is 0 Å². The molecule has 2 aromatic rings. The molecular weight excluding hydrogens is 324 g/mol. The second kappa shape index (κ2) is 9.22. The monoisotopic (exact) mass is 352 g/mol. The van der Waals surface area contributed by atoms with Crippen LogP contribution >= 0.6 is 0 Å². The molecule has 3 rings (SSSR count). The van der Waals surface area contributed by atoms with Gasteiger partial charge in [0, 0.05) is 31.9 Å². The molecule has 0 aliphatic carbocycles. The lowest BCUT2D eigenvalue weighted by Gasteiger charge is -2.17. The van der Waals surface area contributed by atoms with Gasteiger partial charge in [-0.25, -0.2) is 9.78 Å². The van der Waals surface area contributed by atoms with Crippen molar-refractivity contribution in [1.82, 2.24) is 15.6 Å². The molecule has 1 saturated heterocycles. The lowest BCUT2D eigenvalue weighted by molar-refractivity contribution is 0.237. The smallest absolute Gasteiger partial charge is 0.315 e. The number of amides is 2. The molecule has 138 valence electrons. The summed E-state index contributed by atoms with van der Waals surface area (Å²) in [6.07, 6.45) is 6.17. The molecule has 1 fully saturated rings. The molecule has 1 aliphatic rings. The average molecular weight is 352 g/mol. The number of benzene rings is 1. The van der Waals surface area contributed by atoms with Crippen LogP contribution in [0, 0.1) is 0 Å². The first-order valence-corrected chi connectivity index (χ1v) is 9.49. The molecule has 0 radical (unpaired) electrons. The lowest BCUT2D eigenvalue weighted by atomic mass is 10.1. The Labute approximate surface area is 155 Å². The zero-order valence-corrected chi connectivity index (χ0v) is 15.4. The SMILES string of the molecule is C[C@H](CCc1ccccc1)NC(=O)NCc1ccnc(N2CCCC2)c1. The molecule has 5 nitrogen and oxygen atoms in total. The van der Waals surface area contributed by atoms with Crippen LogP contribution in [0.5, 0.6) is 0 Å². The Morgan fingerprint density at radius 2 is 1.92 bits per heavy atom. The summed E-state index contributed by atoms with van der Waals surface area (Å²) < 4.78 is 0. The molecule has 0 spiro atoms. The Balaban J connectivity index is 1.41. The molecular formula is C21H28N4O. The molecule has 5 heteroatoms. The highest BCUT2D eigenvalue weighted by atomic mass is 16.2. The van der Waals surface area contributed by atoms with Crippen molar-refractivity contribution >= 4 is 11.8 Å². The number of nitrogens with one attached hydrogen (secondary N) is 2. The summed E-state index contributed by atoms with van der Waals surface area (Å²) in [6, 6.07) is 14.4. The van der Waals surface area contributed by atoms with E-state index in [0.717, 1.165) is 37.3 Å². The van der Waals surface area contributed by atoms with E-state index in [-0.39, 0.29) is 12.1 Å². The molecule has 1 atom stereocenters. The van der Waals surface area contributed by atoms with Crippen LogP contribution in [-0.2, 0) is 13.0 Å². The number of rotatable bonds is 7. The van der Waals surface area contributed by atoms with Gasteiger partial charge < -0.3 is 15.5 Å². The molecule has 2 N–H and O–H groups in total. The third-order valence-corrected chi connectivity index (χ3v) is 4.78. The molecule has 1 aromatic heterocycles. The first-order chi connectivity index (χ1) is 12.7. The number of nitrogens with zero attached hydrogens (tertiary/aromatic N) is 2. The van der Waals surface area contributed by atoms with Crippen LogP contribution in [0.1, 0.15) is 37.3 Å². The van der Waals surface area contributed by atoms with E-state index in [1.165, 1.54) is 18.4 Å². The fourth-order valence-corrected chi connectivity index (χ4v) is 3.25. The van der Waals surface area contributed by atoms with Gasteiger partial charge in [0.2, 0.25) is 0 Å². The molecule has 2 amide bonds. The quantitative estimate of drug-likeness (QED) is 0.802. The lowest BCUT2D eigenvalue weighted by Crippen LogP contribution is -2.40. The predicted molar refractivity (Wildman–Crippen MR) is 105 cm³/mol. The van der Waals surface area contributed by atoms with E-state index in [1.807, 2.05) is 37.4 Å². The van der Waals surface area contributed by atoms with Crippen LogP contribution in [0.25, 0.3) is 0 Å². The van der Waals surface area contributed by atoms with Gasteiger partial charge in [0.15, 0.2) is 0 Å². The van der Waals surface area contributed by atoms with Gasteiger partial charge in [0.05, 0.1) is 0 Å². The largest absolute Gasteiger partial charge is 0.357 e. The van der Waals surface area contributed by atoms with Gasteiger partial charge in [-0.05, 0) is 55.9 Å². The number of aromatic nitrogens is 1. The highest BCUT2D eigenvalue weighted by Gasteiger charge is 2.14. The second-order valence-electron chi connectivity index (χ2n) is 6.97. The Hall–Kier alpha value is -2.56. The van der Waals surface area contributed by atoms with Gasteiger partial charge in [-0.1, -0.05) is 30.3 Å². The van der Waals surface area contributed by atoms with E-state index in [2.05, 4.69) is 38.7 Å². The maximum Gasteiger partial charge on any atom is 0.315 e. The van der Waals surface area contributed by atoms with Gasteiger partial charge in [-0.2, -0.15) is 0 Å². The molecule has 0 saturated carbocycles. The van der Waals surface area contributed by atoms with Gasteiger partial charge in [0.25, 0.3) is 0 Å². The van der Waals surface area contributed by atoms with E-state index in [4.69, 9.17) is 0 Å². The van der Waals surface area contributed by atoms with Crippen molar-refractivity contribution in [2.45, 2.75) is 45.2 Å². The van der Waals surface area contributed by atoms with Crippen LogP contribution < -0.4 is 15.5 Å². The summed E-state index contributed by atoms with van der Waals surface area (Å²) in [7, 11) is 0. The van der Waals surface area contributed by atoms with Crippen molar-refractivity contribution in [3.63, 3.8) is 0 Å². The highest BCUT2D eigenvalue weighted by molar-refractivity contribution is 5.74.